The number of nitrogens with zero attached hydrogens (tertiary/aromatic N) is 3. The third-order valence-electron chi connectivity index (χ3n) is 3.18. The molecule has 1 atom stereocenters. The summed E-state index contributed by atoms with van der Waals surface area (Å²) in [6.07, 6.45) is 2.23. The van der Waals surface area contributed by atoms with Crippen molar-refractivity contribution in [1.29, 1.82) is 0 Å². The Morgan fingerprint density at radius 2 is 2.26 bits per heavy atom. The zero-order valence-corrected chi connectivity index (χ0v) is 11.9. The van der Waals surface area contributed by atoms with Gasteiger partial charge in [0.2, 0.25) is 0 Å². The fourth-order valence-corrected chi connectivity index (χ4v) is 2.18. The van der Waals surface area contributed by atoms with Gasteiger partial charge in [0.15, 0.2) is 0 Å². The smallest absolute Gasteiger partial charge is 0.138 e. The molecule has 2 rings (SSSR count). The first-order chi connectivity index (χ1) is 9.15. The summed E-state index contributed by atoms with van der Waals surface area (Å²) in [7, 11) is 0. The van der Waals surface area contributed by atoms with E-state index >= 15 is 0 Å². The maximum atomic E-state index is 6.15. The van der Waals surface area contributed by atoms with Crippen LogP contribution >= 0.6 is 11.6 Å². The molecule has 0 saturated heterocycles. The lowest BCUT2D eigenvalue weighted by Gasteiger charge is -2.17. The monoisotopic (exact) mass is 279 g/mol. The fraction of sp³-hybridized carbons (Fsp3) is 0.385. The summed E-state index contributed by atoms with van der Waals surface area (Å²) < 4.78 is 1.86. The van der Waals surface area contributed by atoms with E-state index in [1.165, 1.54) is 0 Å². The molecule has 1 aromatic carbocycles. The van der Waals surface area contributed by atoms with Crippen LogP contribution < -0.4 is 11.3 Å². The van der Waals surface area contributed by atoms with Gasteiger partial charge >= 0.3 is 0 Å². The van der Waals surface area contributed by atoms with Crippen LogP contribution in [0.5, 0.6) is 0 Å². The van der Waals surface area contributed by atoms with E-state index in [9.17, 15) is 0 Å². The first-order valence-electron chi connectivity index (χ1n) is 6.24. The Hall–Kier alpha value is -1.43. The lowest BCUT2D eigenvalue weighted by molar-refractivity contribution is 0.510. The molecule has 102 valence electrons. The number of hydrogen-bond acceptors (Lipinski definition) is 4. The Bertz CT molecular complexity index is 552. The average Bonchev–Trinajstić information content (AvgIpc) is 2.86. The minimum atomic E-state index is -0.0346. The number of halogens is 1. The number of aromatic nitrogens is 3. The third kappa shape index (κ3) is 3.12. The van der Waals surface area contributed by atoms with Crippen LogP contribution in [-0.2, 0) is 13.0 Å². The van der Waals surface area contributed by atoms with Crippen molar-refractivity contribution in [2.75, 3.05) is 0 Å². The Kier molecular flexibility index (Phi) is 4.52. The largest absolute Gasteiger partial charge is 0.271 e. The molecular weight excluding hydrogens is 262 g/mol. The summed E-state index contributed by atoms with van der Waals surface area (Å²) in [5.41, 5.74) is 4.91. The normalized spacial score (nSPS) is 12.6. The molecule has 0 radical (unpaired) electrons. The van der Waals surface area contributed by atoms with Gasteiger partial charge in [0.05, 0.1) is 6.04 Å². The van der Waals surface area contributed by atoms with E-state index < -0.39 is 0 Å². The van der Waals surface area contributed by atoms with E-state index in [0.717, 1.165) is 28.5 Å². The van der Waals surface area contributed by atoms with Gasteiger partial charge in [0.25, 0.3) is 0 Å². The van der Waals surface area contributed by atoms with Crippen molar-refractivity contribution in [3.63, 3.8) is 0 Å². The molecule has 5 nitrogen and oxygen atoms in total. The standard InChI is InChI=1S/C13H18ClN5/c1-3-19-13(16-8-17-19)7-12(18-15)10-5-4-9(2)11(14)6-10/h4-6,8,12,18H,3,7,15H2,1-2H3. The highest BCUT2D eigenvalue weighted by atomic mass is 35.5. The lowest BCUT2D eigenvalue weighted by Crippen LogP contribution is -2.30. The molecule has 0 fully saturated rings. The summed E-state index contributed by atoms with van der Waals surface area (Å²) in [6.45, 7) is 4.80. The van der Waals surface area contributed by atoms with Gasteiger partial charge in [-0.05, 0) is 31.0 Å². The van der Waals surface area contributed by atoms with Crippen LogP contribution in [0.4, 0.5) is 0 Å². The molecule has 0 aliphatic rings. The Labute approximate surface area is 117 Å². The quantitative estimate of drug-likeness (QED) is 0.649. The van der Waals surface area contributed by atoms with E-state index in [0.29, 0.717) is 6.42 Å². The van der Waals surface area contributed by atoms with Crippen molar-refractivity contribution >= 4 is 11.6 Å². The molecule has 3 N–H and O–H groups in total. The number of benzene rings is 1. The highest BCUT2D eigenvalue weighted by molar-refractivity contribution is 6.31. The van der Waals surface area contributed by atoms with Crippen LogP contribution in [0.2, 0.25) is 5.02 Å². The van der Waals surface area contributed by atoms with E-state index in [2.05, 4.69) is 15.5 Å². The van der Waals surface area contributed by atoms with Crippen molar-refractivity contribution in [2.24, 2.45) is 5.84 Å². The van der Waals surface area contributed by atoms with Gasteiger partial charge < -0.3 is 0 Å². The summed E-state index contributed by atoms with van der Waals surface area (Å²) in [5.74, 6) is 6.56. The van der Waals surface area contributed by atoms with E-state index in [1.54, 1.807) is 6.33 Å². The van der Waals surface area contributed by atoms with Gasteiger partial charge in [-0.1, -0.05) is 23.7 Å². The van der Waals surface area contributed by atoms with E-state index in [4.69, 9.17) is 17.4 Å². The molecule has 0 amide bonds. The number of rotatable bonds is 5. The maximum Gasteiger partial charge on any atom is 0.138 e. The Morgan fingerprint density at radius 1 is 1.47 bits per heavy atom. The minimum absolute atomic E-state index is 0.0346. The summed E-state index contributed by atoms with van der Waals surface area (Å²) >= 11 is 6.15. The molecule has 0 saturated carbocycles. The zero-order chi connectivity index (χ0) is 13.8. The second kappa shape index (κ2) is 6.14. The second-order valence-corrected chi connectivity index (χ2v) is 4.83. The van der Waals surface area contributed by atoms with Gasteiger partial charge in [-0.25, -0.2) is 4.98 Å². The van der Waals surface area contributed by atoms with Crippen LogP contribution in [0.3, 0.4) is 0 Å². The van der Waals surface area contributed by atoms with Crippen LogP contribution in [0.15, 0.2) is 24.5 Å². The van der Waals surface area contributed by atoms with Crippen molar-refractivity contribution in [3.05, 3.63) is 46.5 Å². The Morgan fingerprint density at radius 3 is 2.89 bits per heavy atom. The maximum absolute atomic E-state index is 6.15. The molecule has 6 heteroatoms. The average molecular weight is 280 g/mol. The van der Waals surface area contributed by atoms with Crippen molar-refractivity contribution < 1.29 is 0 Å². The van der Waals surface area contributed by atoms with Gasteiger partial charge in [-0.2, -0.15) is 5.10 Å². The number of nitrogens with two attached hydrogens (primary N) is 1. The highest BCUT2D eigenvalue weighted by Crippen LogP contribution is 2.23. The van der Waals surface area contributed by atoms with Gasteiger partial charge in [-0.15, -0.1) is 0 Å². The fourth-order valence-electron chi connectivity index (χ4n) is 1.99. The van der Waals surface area contributed by atoms with Gasteiger partial charge in [-0.3, -0.25) is 16.0 Å². The lowest BCUT2D eigenvalue weighted by atomic mass is 10.0. The van der Waals surface area contributed by atoms with Gasteiger partial charge in [0, 0.05) is 18.0 Å². The molecule has 0 aliphatic carbocycles. The van der Waals surface area contributed by atoms with Crippen LogP contribution in [0.25, 0.3) is 0 Å². The SMILES string of the molecule is CCn1ncnc1CC(NN)c1ccc(C)c(Cl)c1. The van der Waals surface area contributed by atoms with Crippen molar-refractivity contribution in [2.45, 2.75) is 32.9 Å². The van der Waals surface area contributed by atoms with Crippen molar-refractivity contribution in [1.82, 2.24) is 20.2 Å². The molecule has 1 heterocycles. The molecule has 1 aromatic heterocycles. The van der Waals surface area contributed by atoms with E-state index in [-0.39, 0.29) is 6.04 Å². The molecule has 0 spiro atoms. The molecular formula is C13H18ClN5. The van der Waals surface area contributed by atoms with E-state index in [1.807, 2.05) is 36.7 Å². The second-order valence-electron chi connectivity index (χ2n) is 4.42. The molecule has 1 unspecified atom stereocenters. The molecule has 19 heavy (non-hydrogen) atoms. The predicted octanol–water partition coefficient (Wildman–Crippen LogP) is 2.01. The molecule has 2 aromatic rings. The molecule has 0 aliphatic heterocycles. The van der Waals surface area contributed by atoms with Crippen LogP contribution in [-0.4, -0.2) is 14.8 Å². The van der Waals surface area contributed by atoms with Crippen LogP contribution in [0.1, 0.15) is 29.9 Å². The minimum Gasteiger partial charge on any atom is -0.271 e. The number of hydrazine groups is 1. The highest BCUT2D eigenvalue weighted by Gasteiger charge is 2.15. The first-order valence-corrected chi connectivity index (χ1v) is 6.62. The summed E-state index contributed by atoms with van der Waals surface area (Å²) in [6, 6.07) is 5.92. The topological polar surface area (TPSA) is 68.8 Å². The van der Waals surface area contributed by atoms with Gasteiger partial charge in [0.1, 0.15) is 12.2 Å². The summed E-state index contributed by atoms with van der Waals surface area (Å²) in [5, 5.41) is 4.90. The zero-order valence-electron chi connectivity index (χ0n) is 11.1. The molecule has 0 bridgehead atoms. The third-order valence-corrected chi connectivity index (χ3v) is 3.59. The van der Waals surface area contributed by atoms with Crippen LogP contribution in [0, 0.1) is 6.92 Å². The Balaban J connectivity index is 2.22. The number of hydrogen-bond donors (Lipinski definition) is 2. The van der Waals surface area contributed by atoms with Crippen molar-refractivity contribution in [3.8, 4) is 0 Å². The first kappa shape index (κ1) is 14.0. The number of nitrogens with one attached hydrogen (secondary N) is 1. The predicted molar refractivity (Wildman–Crippen MR) is 75.7 cm³/mol. The summed E-state index contributed by atoms with van der Waals surface area (Å²) in [4.78, 5) is 4.26. The number of aryl methyl sites for hydroxylation is 2.